The predicted octanol–water partition coefficient (Wildman–Crippen LogP) is -0.421. The molecule has 0 radical (unpaired) electrons. The topological polar surface area (TPSA) is 93.5 Å². The summed E-state index contributed by atoms with van der Waals surface area (Å²) in [4.78, 5) is 0.0830. The van der Waals surface area contributed by atoms with Crippen LogP contribution in [0.15, 0.2) is 17.3 Å². The van der Waals surface area contributed by atoms with E-state index in [9.17, 15) is 8.42 Å². The molecular formula is C10H19N3O4S. The minimum absolute atomic E-state index is 0.0830. The van der Waals surface area contributed by atoms with Crippen LogP contribution < -0.4 is 4.72 Å². The standard InChI is InChI=1S/C10H19N3O4S/c1-3-17-9(2)6-12-18(15,16)10-7-11-13(8-10)4-5-14/h7-9,12,14H,3-6H2,1-2H3. The largest absolute Gasteiger partial charge is 0.394 e. The summed E-state index contributed by atoms with van der Waals surface area (Å²) in [5.41, 5.74) is 0. The highest BCUT2D eigenvalue weighted by atomic mass is 32.2. The molecule has 1 atom stereocenters. The minimum Gasteiger partial charge on any atom is -0.394 e. The molecule has 0 fully saturated rings. The van der Waals surface area contributed by atoms with Crippen LogP contribution in [0.2, 0.25) is 0 Å². The van der Waals surface area contributed by atoms with Crippen LogP contribution in [0.25, 0.3) is 0 Å². The van der Waals surface area contributed by atoms with Crippen molar-refractivity contribution in [1.29, 1.82) is 0 Å². The number of aliphatic hydroxyl groups excluding tert-OH is 1. The molecule has 0 amide bonds. The quantitative estimate of drug-likeness (QED) is 0.673. The highest BCUT2D eigenvalue weighted by molar-refractivity contribution is 7.89. The smallest absolute Gasteiger partial charge is 0.243 e. The fraction of sp³-hybridized carbons (Fsp3) is 0.700. The van der Waals surface area contributed by atoms with Gasteiger partial charge in [0, 0.05) is 19.3 Å². The van der Waals surface area contributed by atoms with E-state index < -0.39 is 10.0 Å². The lowest BCUT2D eigenvalue weighted by atomic mass is 10.4. The second kappa shape index (κ2) is 6.83. The van der Waals surface area contributed by atoms with E-state index in [2.05, 4.69) is 9.82 Å². The molecule has 2 N–H and O–H groups in total. The molecule has 1 rings (SSSR count). The fourth-order valence-electron chi connectivity index (χ4n) is 1.36. The van der Waals surface area contributed by atoms with Gasteiger partial charge in [-0.05, 0) is 13.8 Å². The molecule has 0 bridgehead atoms. The average molecular weight is 277 g/mol. The van der Waals surface area contributed by atoms with E-state index in [1.54, 1.807) is 6.92 Å². The van der Waals surface area contributed by atoms with Crippen LogP contribution in [0.1, 0.15) is 13.8 Å². The van der Waals surface area contributed by atoms with Crippen molar-refractivity contribution in [1.82, 2.24) is 14.5 Å². The third-order valence-corrected chi connectivity index (χ3v) is 3.64. The zero-order chi connectivity index (χ0) is 13.6. The van der Waals surface area contributed by atoms with Crippen LogP contribution in [-0.4, -0.2) is 49.2 Å². The maximum atomic E-state index is 11.9. The Balaban J connectivity index is 2.62. The Labute approximate surface area is 107 Å². The number of sulfonamides is 1. The Bertz CT molecular complexity index is 457. The number of ether oxygens (including phenoxy) is 1. The van der Waals surface area contributed by atoms with Crippen molar-refractivity contribution in [3.05, 3.63) is 12.4 Å². The summed E-state index contributed by atoms with van der Waals surface area (Å²) < 4.78 is 32.8. The second-order valence-corrected chi connectivity index (χ2v) is 5.55. The first-order valence-corrected chi connectivity index (χ1v) is 7.22. The summed E-state index contributed by atoms with van der Waals surface area (Å²) in [6, 6.07) is 0. The number of nitrogens with zero attached hydrogens (tertiary/aromatic N) is 2. The molecule has 0 aliphatic rings. The highest BCUT2D eigenvalue weighted by Gasteiger charge is 2.17. The van der Waals surface area contributed by atoms with Crippen molar-refractivity contribution in [2.24, 2.45) is 0 Å². The molecule has 104 valence electrons. The zero-order valence-electron chi connectivity index (χ0n) is 10.5. The molecule has 0 aromatic carbocycles. The highest BCUT2D eigenvalue weighted by Crippen LogP contribution is 2.06. The van der Waals surface area contributed by atoms with Crippen LogP contribution in [-0.2, 0) is 21.3 Å². The van der Waals surface area contributed by atoms with Crippen LogP contribution in [0.3, 0.4) is 0 Å². The number of hydrogen-bond donors (Lipinski definition) is 2. The Kier molecular flexibility index (Phi) is 5.73. The van der Waals surface area contributed by atoms with Crippen molar-refractivity contribution in [3.8, 4) is 0 Å². The van der Waals surface area contributed by atoms with Gasteiger partial charge in [0.15, 0.2) is 0 Å². The van der Waals surface area contributed by atoms with Crippen molar-refractivity contribution < 1.29 is 18.3 Å². The first-order valence-electron chi connectivity index (χ1n) is 5.74. The Morgan fingerprint density at radius 3 is 2.94 bits per heavy atom. The Hall–Kier alpha value is -0.960. The third kappa shape index (κ3) is 4.37. The normalized spacial score (nSPS) is 13.7. The van der Waals surface area contributed by atoms with Gasteiger partial charge in [-0.15, -0.1) is 0 Å². The summed E-state index contributed by atoms with van der Waals surface area (Å²) in [6.45, 7) is 4.57. The SMILES string of the molecule is CCOC(C)CNS(=O)(=O)c1cnn(CCO)c1. The van der Waals surface area contributed by atoms with Gasteiger partial charge in [-0.2, -0.15) is 5.10 Å². The van der Waals surface area contributed by atoms with E-state index in [0.29, 0.717) is 6.61 Å². The molecule has 0 aliphatic carbocycles. The molecule has 0 spiro atoms. The van der Waals surface area contributed by atoms with Crippen molar-refractivity contribution >= 4 is 10.0 Å². The summed E-state index contributed by atoms with van der Waals surface area (Å²) in [6.07, 6.45) is 2.45. The number of rotatable bonds is 8. The van der Waals surface area contributed by atoms with Crippen molar-refractivity contribution in [2.45, 2.75) is 31.4 Å². The van der Waals surface area contributed by atoms with E-state index in [-0.39, 0.29) is 30.7 Å². The van der Waals surface area contributed by atoms with E-state index in [1.165, 1.54) is 17.1 Å². The van der Waals surface area contributed by atoms with Crippen LogP contribution in [0.5, 0.6) is 0 Å². The molecule has 7 nitrogen and oxygen atoms in total. The summed E-state index contributed by atoms with van der Waals surface area (Å²) in [5, 5.41) is 12.6. The lowest BCUT2D eigenvalue weighted by Gasteiger charge is -2.12. The molecule has 1 aromatic heterocycles. The zero-order valence-corrected chi connectivity index (χ0v) is 11.4. The Morgan fingerprint density at radius 1 is 1.61 bits per heavy atom. The van der Waals surface area contributed by atoms with Crippen molar-refractivity contribution in [2.75, 3.05) is 19.8 Å². The number of aromatic nitrogens is 2. The molecule has 0 saturated heterocycles. The minimum atomic E-state index is -3.57. The summed E-state index contributed by atoms with van der Waals surface area (Å²) in [7, 11) is -3.57. The van der Waals surface area contributed by atoms with E-state index in [1.807, 2.05) is 6.92 Å². The number of nitrogens with one attached hydrogen (secondary N) is 1. The van der Waals surface area contributed by atoms with Gasteiger partial charge in [0.2, 0.25) is 10.0 Å². The molecule has 1 aromatic rings. The maximum absolute atomic E-state index is 11.9. The molecule has 18 heavy (non-hydrogen) atoms. The predicted molar refractivity (Wildman–Crippen MR) is 65.6 cm³/mol. The maximum Gasteiger partial charge on any atom is 0.243 e. The van der Waals surface area contributed by atoms with Gasteiger partial charge < -0.3 is 9.84 Å². The van der Waals surface area contributed by atoms with Crippen LogP contribution in [0, 0.1) is 0 Å². The van der Waals surface area contributed by atoms with Crippen molar-refractivity contribution in [3.63, 3.8) is 0 Å². The van der Waals surface area contributed by atoms with E-state index in [4.69, 9.17) is 9.84 Å². The lowest BCUT2D eigenvalue weighted by Crippen LogP contribution is -2.32. The van der Waals surface area contributed by atoms with Gasteiger partial charge >= 0.3 is 0 Å². The summed E-state index contributed by atoms with van der Waals surface area (Å²) in [5.74, 6) is 0. The second-order valence-electron chi connectivity index (χ2n) is 3.78. The lowest BCUT2D eigenvalue weighted by molar-refractivity contribution is 0.0799. The summed E-state index contributed by atoms with van der Waals surface area (Å²) >= 11 is 0. The van der Waals surface area contributed by atoms with Gasteiger partial charge in [0.25, 0.3) is 0 Å². The van der Waals surface area contributed by atoms with Gasteiger partial charge in [-0.3, -0.25) is 4.68 Å². The van der Waals surface area contributed by atoms with Crippen LogP contribution in [0.4, 0.5) is 0 Å². The monoisotopic (exact) mass is 277 g/mol. The van der Waals surface area contributed by atoms with Gasteiger partial charge in [0.1, 0.15) is 4.90 Å². The molecule has 1 heterocycles. The molecular weight excluding hydrogens is 258 g/mol. The molecule has 8 heteroatoms. The Morgan fingerprint density at radius 2 is 2.33 bits per heavy atom. The van der Waals surface area contributed by atoms with Gasteiger partial charge in [-0.1, -0.05) is 0 Å². The third-order valence-electron chi connectivity index (χ3n) is 2.26. The van der Waals surface area contributed by atoms with Crippen LogP contribution >= 0.6 is 0 Å². The fourth-order valence-corrected chi connectivity index (χ4v) is 2.43. The van der Waals surface area contributed by atoms with E-state index in [0.717, 1.165) is 0 Å². The number of hydrogen-bond acceptors (Lipinski definition) is 5. The first kappa shape index (κ1) is 15.1. The molecule has 0 saturated carbocycles. The van der Waals surface area contributed by atoms with Gasteiger partial charge in [0.05, 0.1) is 25.5 Å². The average Bonchev–Trinajstić information content (AvgIpc) is 2.77. The molecule has 0 aliphatic heterocycles. The van der Waals surface area contributed by atoms with E-state index >= 15 is 0 Å². The first-order chi connectivity index (χ1) is 8.49. The number of aliphatic hydroxyl groups is 1. The van der Waals surface area contributed by atoms with Gasteiger partial charge in [-0.25, -0.2) is 13.1 Å². The molecule has 1 unspecified atom stereocenters.